The van der Waals surface area contributed by atoms with Crippen molar-refractivity contribution in [1.29, 1.82) is 0 Å². The number of nitrogens with one attached hydrogen (secondary N) is 1. The second-order valence-electron chi connectivity index (χ2n) is 5.81. The zero-order valence-electron chi connectivity index (χ0n) is 11.3. The van der Waals surface area contributed by atoms with E-state index in [1.807, 2.05) is 0 Å². The van der Waals surface area contributed by atoms with Crippen molar-refractivity contribution in [3.63, 3.8) is 0 Å². The third kappa shape index (κ3) is 3.26. The summed E-state index contributed by atoms with van der Waals surface area (Å²) in [6, 6.07) is 0. The third-order valence-electron chi connectivity index (χ3n) is 4.05. The van der Waals surface area contributed by atoms with Gasteiger partial charge in [0.25, 0.3) is 0 Å². The fraction of sp³-hybridized carbons (Fsp3) is 0.917. The SMILES string of the molecule is CC(C)(C(=O)NCC1(CBr)CCCC1)S(C)(=O)=O. The van der Waals surface area contributed by atoms with Gasteiger partial charge >= 0.3 is 0 Å². The molecule has 0 spiro atoms. The minimum atomic E-state index is -3.40. The van der Waals surface area contributed by atoms with Gasteiger partial charge in [0, 0.05) is 18.1 Å². The molecule has 1 aliphatic rings. The van der Waals surface area contributed by atoms with Crippen LogP contribution in [0.2, 0.25) is 0 Å². The highest BCUT2D eigenvalue weighted by molar-refractivity contribution is 9.09. The van der Waals surface area contributed by atoms with Crippen LogP contribution in [0, 0.1) is 5.41 Å². The van der Waals surface area contributed by atoms with Crippen molar-refractivity contribution in [2.75, 3.05) is 18.1 Å². The molecule has 0 bridgehead atoms. The lowest BCUT2D eigenvalue weighted by Crippen LogP contribution is -2.50. The van der Waals surface area contributed by atoms with E-state index in [2.05, 4.69) is 21.2 Å². The average Bonchev–Trinajstić information content (AvgIpc) is 2.73. The maximum atomic E-state index is 12.0. The number of alkyl halides is 1. The Morgan fingerprint density at radius 3 is 2.22 bits per heavy atom. The van der Waals surface area contributed by atoms with E-state index in [4.69, 9.17) is 0 Å². The first-order chi connectivity index (χ1) is 8.15. The van der Waals surface area contributed by atoms with Gasteiger partial charge in [-0.15, -0.1) is 0 Å². The van der Waals surface area contributed by atoms with E-state index in [-0.39, 0.29) is 5.41 Å². The first-order valence-electron chi connectivity index (χ1n) is 6.18. The van der Waals surface area contributed by atoms with E-state index in [1.165, 1.54) is 26.7 Å². The van der Waals surface area contributed by atoms with Crippen molar-refractivity contribution in [1.82, 2.24) is 5.32 Å². The lowest BCUT2D eigenvalue weighted by atomic mass is 9.88. The van der Waals surface area contributed by atoms with Crippen molar-refractivity contribution >= 4 is 31.7 Å². The van der Waals surface area contributed by atoms with Crippen LogP contribution in [-0.4, -0.2) is 37.2 Å². The van der Waals surface area contributed by atoms with Crippen molar-refractivity contribution in [2.45, 2.75) is 44.3 Å². The van der Waals surface area contributed by atoms with Gasteiger partial charge in [0.05, 0.1) is 0 Å². The van der Waals surface area contributed by atoms with E-state index < -0.39 is 20.5 Å². The molecule has 0 unspecified atom stereocenters. The molecular weight excluding hydrogens is 318 g/mol. The second kappa shape index (κ2) is 5.49. The van der Waals surface area contributed by atoms with Gasteiger partial charge in [-0.1, -0.05) is 28.8 Å². The third-order valence-corrected chi connectivity index (χ3v) is 7.27. The highest BCUT2D eigenvalue weighted by Gasteiger charge is 2.40. The van der Waals surface area contributed by atoms with Crippen LogP contribution in [0.25, 0.3) is 0 Å². The van der Waals surface area contributed by atoms with Crippen LogP contribution < -0.4 is 5.32 Å². The number of hydrogen-bond donors (Lipinski definition) is 1. The summed E-state index contributed by atoms with van der Waals surface area (Å²) in [5, 5.41) is 3.66. The van der Waals surface area contributed by atoms with Crippen LogP contribution in [-0.2, 0) is 14.6 Å². The topological polar surface area (TPSA) is 63.2 Å². The molecule has 1 fully saturated rings. The summed E-state index contributed by atoms with van der Waals surface area (Å²) in [6.07, 6.45) is 5.62. The molecule has 0 heterocycles. The molecule has 0 saturated heterocycles. The Morgan fingerprint density at radius 1 is 1.33 bits per heavy atom. The molecule has 0 radical (unpaired) electrons. The van der Waals surface area contributed by atoms with Crippen LogP contribution in [0.15, 0.2) is 0 Å². The highest BCUT2D eigenvalue weighted by Crippen LogP contribution is 2.39. The van der Waals surface area contributed by atoms with Crippen LogP contribution >= 0.6 is 15.9 Å². The fourth-order valence-electron chi connectivity index (χ4n) is 2.13. The molecule has 0 aromatic heterocycles. The van der Waals surface area contributed by atoms with E-state index in [9.17, 15) is 13.2 Å². The normalized spacial score (nSPS) is 19.8. The molecule has 6 heteroatoms. The maximum absolute atomic E-state index is 12.0. The molecule has 4 nitrogen and oxygen atoms in total. The molecule has 1 N–H and O–H groups in total. The predicted octanol–water partition coefficient (Wildman–Crippen LogP) is 1.88. The van der Waals surface area contributed by atoms with Crippen LogP contribution in [0.4, 0.5) is 0 Å². The van der Waals surface area contributed by atoms with Gasteiger partial charge in [-0.05, 0) is 32.1 Å². The average molecular weight is 340 g/mol. The molecule has 0 aliphatic heterocycles. The van der Waals surface area contributed by atoms with E-state index >= 15 is 0 Å². The second-order valence-corrected chi connectivity index (χ2v) is 8.93. The van der Waals surface area contributed by atoms with Gasteiger partial charge in [0.1, 0.15) is 4.75 Å². The van der Waals surface area contributed by atoms with Crippen LogP contribution in [0.1, 0.15) is 39.5 Å². The number of halogens is 1. The van der Waals surface area contributed by atoms with E-state index in [0.29, 0.717) is 6.54 Å². The minimum absolute atomic E-state index is 0.100. The number of hydrogen-bond acceptors (Lipinski definition) is 3. The maximum Gasteiger partial charge on any atom is 0.240 e. The quantitative estimate of drug-likeness (QED) is 0.778. The predicted molar refractivity (Wildman–Crippen MR) is 76.6 cm³/mol. The van der Waals surface area contributed by atoms with Gasteiger partial charge in [-0.3, -0.25) is 4.79 Å². The Labute approximate surface area is 118 Å². The summed E-state index contributed by atoms with van der Waals surface area (Å²) in [5.41, 5.74) is 0.100. The largest absolute Gasteiger partial charge is 0.354 e. The molecule has 1 amide bonds. The first-order valence-corrected chi connectivity index (χ1v) is 9.20. The van der Waals surface area contributed by atoms with Gasteiger partial charge in [0.2, 0.25) is 5.91 Å². The zero-order valence-corrected chi connectivity index (χ0v) is 13.7. The molecule has 18 heavy (non-hydrogen) atoms. The zero-order chi connectivity index (χ0) is 14.0. The monoisotopic (exact) mass is 339 g/mol. The summed E-state index contributed by atoms with van der Waals surface area (Å²) in [7, 11) is -3.40. The van der Waals surface area contributed by atoms with Gasteiger partial charge in [0.15, 0.2) is 9.84 Å². The number of carbonyl (C=O) groups excluding carboxylic acids is 1. The number of amides is 1. The van der Waals surface area contributed by atoms with Crippen molar-refractivity contribution in [2.24, 2.45) is 5.41 Å². The smallest absolute Gasteiger partial charge is 0.240 e. The molecule has 1 saturated carbocycles. The first kappa shape index (κ1) is 16.0. The lowest BCUT2D eigenvalue weighted by molar-refractivity contribution is -0.123. The summed E-state index contributed by atoms with van der Waals surface area (Å²) < 4.78 is 21.8. The molecule has 1 rings (SSSR count). The lowest BCUT2D eigenvalue weighted by Gasteiger charge is -2.29. The number of carbonyl (C=O) groups is 1. The number of rotatable bonds is 5. The van der Waals surface area contributed by atoms with Gasteiger partial charge in [-0.2, -0.15) is 0 Å². The summed E-state index contributed by atoms with van der Waals surface area (Å²) in [6.45, 7) is 3.45. The summed E-state index contributed by atoms with van der Waals surface area (Å²) in [4.78, 5) is 12.0. The Hall–Kier alpha value is -0.100. The molecule has 0 atom stereocenters. The number of sulfone groups is 1. The Balaban J connectivity index is 2.66. The van der Waals surface area contributed by atoms with E-state index in [0.717, 1.165) is 24.4 Å². The Kier molecular flexibility index (Phi) is 4.87. The van der Waals surface area contributed by atoms with Crippen molar-refractivity contribution in [3.05, 3.63) is 0 Å². The fourth-order valence-corrected chi connectivity index (χ4v) is 3.30. The molecule has 1 aliphatic carbocycles. The van der Waals surface area contributed by atoms with Crippen LogP contribution in [0.5, 0.6) is 0 Å². The molecule has 106 valence electrons. The van der Waals surface area contributed by atoms with Gasteiger partial charge in [-0.25, -0.2) is 8.42 Å². The molecular formula is C12H22BrNO3S. The standard InChI is InChI=1S/C12H22BrNO3S/c1-11(2,18(3,16)17)10(15)14-9-12(8-13)6-4-5-7-12/h4-9H2,1-3H3,(H,14,15). The van der Waals surface area contributed by atoms with Crippen molar-refractivity contribution in [3.8, 4) is 0 Å². The molecule has 0 aromatic carbocycles. The Morgan fingerprint density at radius 2 is 1.83 bits per heavy atom. The van der Waals surface area contributed by atoms with Crippen molar-refractivity contribution < 1.29 is 13.2 Å². The summed E-state index contributed by atoms with van der Waals surface area (Å²) in [5.74, 6) is -0.405. The summed E-state index contributed by atoms with van der Waals surface area (Å²) >= 11 is 3.50. The van der Waals surface area contributed by atoms with Crippen LogP contribution in [0.3, 0.4) is 0 Å². The Bertz CT molecular complexity index is 411. The van der Waals surface area contributed by atoms with Gasteiger partial charge < -0.3 is 5.32 Å². The molecule has 0 aromatic rings. The minimum Gasteiger partial charge on any atom is -0.354 e. The van der Waals surface area contributed by atoms with E-state index in [1.54, 1.807) is 0 Å². The highest BCUT2D eigenvalue weighted by atomic mass is 79.9.